The van der Waals surface area contributed by atoms with Crippen LogP contribution in [-0.2, 0) is 16.1 Å². The van der Waals surface area contributed by atoms with Crippen molar-refractivity contribution in [1.82, 2.24) is 4.90 Å². The molecular formula is C21H19BrFNO5S. The van der Waals surface area contributed by atoms with Crippen molar-refractivity contribution in [3.8, 4) is 11.5 Å². The lowest BCUT2D eigenvalue weighted by Gasteiger charge is -2.14. The maximum absolute atomic E-state index is 13.4. The maximum atomic E-state index is 13.4. The third-order valence-electron chi connectivity index (χ3n) is 4.21. The summed E-state index contributed by atoms with van der Waals surface area (Å²) in [5.74, 6) is 0.193. The predicted octanol–water partition coefficient (Wildman–Crippen LogP) is 4.86. The van der Waals surface area contributed by atoms with Crippen molar-refractivity contribution in [2.75, 3.05) is 27.4 Å². The van der Waals surface area contributed by atoms with E-state index in [0.717, 1.165) is 16.7 Å². The van der Waals surface area contributed by atoms with Gasteiger partial charge >= 0.3 is 0 Å². The molecule has 30 heavy (non-hydrogen) atoms. The third-order valence-corrected chi connectivity index (χ3v) is 5.71. The summed E-state index contributed by atoms with van der Waals surface area (Å²) in [4.78, 5) is 26.0. The Labute approximate surface area is 186 Å². The van der Waals surface area contributed by atoms with E-state index >= 15 is 0 Å². The lowest BCUT2D eigenvalue weighted by atomic mass is 10.1. The fourth-order valence-corrected chi connectivity index (χ4v) is 4.21. The normalized spacial score (nSPS) is 15.2. The molecule has 0 bridgehead atoms. The van der Waals surface area contributed by atoms with Crippen molar-refractivity contribution in [2.45, 2.75) is 6.61 Å². The smallest absolute Gasteiger partial charge is 0.293 e. The molecule has 1 aliphatic rings. The van der Waals surface area contributed by atoms with E-state index in [0.29, 0.717) is 32.0 Å². The number of thioether (sulfide) groups is 1. The number of carbonyl (C=O) groups is 2. The number of methoxy groups -OCH3 is 2. The highest BCUT2D eigenvalue weighted by Gasteiger charge is 2.34. The van der Waals surface area contributed by atoms with Crippen LogP contribution in [0.4, 0.5) is 9.18 Å². The Morgan fingerprint density at radius 3 is 2.70 bits per heavy atom. The largest absolute Gasteiger partial charge is 0.493 e. The number of amides is 2. The number of nitrogens with zero attached hydrogens (tertiary/aromatic N) is 1. The molecular weight excluding hydrogens is 477 g/mol. The molecule has 3 rings (SSSR count). The van der Waals surface area contributed by atoms with Gasteiger partial charge in [-0.3, -0.25) is 14.5 Å². The van der Waals surface area contributed by atoms with Crippen LogP contribution in [0.2, 0.25) is 0 Å². The number of hydrogen-bond acceptors (Lipinski definition) is 6. The Balaban J connectivity index is 1.81. The Morgan fingerprint density at radius 2 is 2.00 bits per heavy atom. The third kappa shape index (κ3) is 5.21. The first-order valence-electron chi connectivity index (χ1n) is 8.92. The summed E-state index contributed by atoms with van der Waals surface area (Å²) in [5, 5.41) is -0.329. The van der Waals surface area contributed by atoms with Crippen LogP contribution >= 0.6 is 27.7 Å². The Kier molecular flexibility index (Phi) is 7.52. The van der Waals surface area contributed by atoms with Gasteiger partial charge in [0.2, 0.25) is 0 Å². The first-order chi connectivity index (χ1) is 14.4. The SMILES string of the molecule is COCCN1C(=O)S/C(=C/c2cc(Br)c(OCc3cccc(F)c3)c(OC)c2)C1=O. The van der Waals surface area contributed by atoms with Crippen molar-refractivity contribution in [1.29, 1.82) is 0 Å². The molecule has 0 saturated carbocycles. The lowest BCUT2D eigenvalue weighted by Crippen LogP contribution is -2.31. The van der Waals surface area contributed by atoms with Crippen molar-refractivity contribution in [3.63, 3.8) is 0 Å². The highest BCUT2D eigenvalue weighted by Crippen LogP contribution is 2.39. The summed E-state index contributed by atoms with van der Waals surface area (Å²) in [6.07, 6.45) is 1.63. The number of rotatable bonds is 8. The van der Waals surface area contributed by atoms with Gasteiger partial charge in [0.25, 0.3) is 11.1 Å². The van der Waals surface area contributed by atoms with E-state index in [-0.39, 0.29) is 36.7 Å². The zero-order valence-electron chi connectivity index (χ0n) is 16.3. The monoisotopic (exact) mass is 495 g/mol. The second-order valence-electron chi connectivity index (χ2n) is 6.28. The average molecular weight is 496 g/mol. The zero-order valence-corrected chi connectivity index (χ0v) is 18.7. The van der Waals surface area contributed by atoms with E-state index < -0.39 is 0 Å². The molecule has 6 nitrogen and oxygen atoms in total. The molecule has 1 fully saturated rings. The van der Waals surface area contributed by atoms with Crippen molar-refractivity contribution in [3.05, 3.63) is 62.7 Å². The minimum atomic E-state index is -0.358. The van der Waals surface area contributed by atoms with Crippen LogP contribution in [0.25, 0.3) is 6.08 Å². The van der Waals surface area contributed by atoms with Crippen LogP contribution < -0.4 is 9.47 Å². The molecule has 0 spiro atoms. The molecule has 2 aromatic carbocycles. The summed E-state index contributed by atoms with van der Waals surface area (Å²) in [6, 6.07) is 9.60. The van der Waals surface area contributed by atoms with Gasteiger partial charge in [-0.1, -0.05) is 12.1 Å². The summed E-state index contributed by atoms with van der Waals surface area (Å²) in [6.45, 7) is 0.644. The van der Waals surface area contributed by atoms with Crippen LogP contribution in [0.1, 0.15) is 11.1 Å². The van der Waals surface area contributed by atoms with Gasteiger partial charge in [-0.05, 0) is 69.2 Å². The zero-order chi connectivity index (χ0) is 21.7. The van der Waals surface area contributed by atoms with Gasteiger partial charge in [0.1, 0.15) is 12.4 Å². The number of halogens is 2. The molecule has 9 heteroatoms. The Hall–Kier alpha value is -2.36. The lowest BCUT2D eigenvalue weighted by molar-refractivity contribution is -0.123. The van der Waals surface area contributed by atoms with Crippen molar-refractivity contribution >= 4 is 44.9 Å². The van der Waals surface area contributed by atoms with Gasteiger partial charge in [-0.15, -0.1) is 0 Å². The summed E-state index contributed by atoms with van der Waals surface area (Å²) < 4.78 is 30.1. The number of hydrogen-bond donors (Lipinski definition) is 0. The van der Waals surface area contributed by atoms with Crippen LogP contribution in [0, 0.1) is 5.82 Å². The summed E-state index contributed by atoms with van der Waals surface area (Å²) in [7, 11) is 3.01. The van der Waals surface area contributed by atoms with E-state index in [4.69, 9.17) is 14.2 Å². The number of carbonyl (C=O) groups excluding carboxylic acids is 2. The maximum Gasteiger partial charge on any atom is 0.293 e. The molecule has 0 aliphatic carbocycles. The first kappa shape index (κ1) is 22.3. The molecule has 1 heterocycles. The van der Waals surface area contributed by atoms with Crippen molar-refractivity contribution < 1.29 is 28.2 Å². The molecule has 0 atom stereocenters. The van der Waals surface area contributed by atoms with Gasteiger partial charge in [0.05, 0.1) is 29.6 Å². The van der Waals surface area contributed by atoms with Crippen LogP contribution in [0.15, 0.2) is 45.8 Å². The van der Waals surface area contributed by atoms with Crippen LogP contribution in [0.3, 0.4) is 0 Å². The van der Waals surface area contributed by atoms with Gasteiger partial charge < -0.3 is 14.2 Å². The second kappa shape index (κ2) is 10.1. The molecule has 1 saturated heterocycles. The highest BCUT2D eigenvalue weighted by molar-refractivity contribution is 9.10. The minimum Gasteiger partial charge on any atom is -0.493 e. The van der Waals surface area contributed by atoms with Crippen molar-refractivity contribution in [2.24, 2.45) is 0 Å². The molecule has 0 N–H and O–H groups in total. The molecule has 0 unspecified atom stereocenters. The Bertz CT molecular complexity index is 997. The minimum absolute atomic E-state index is 0.157. The fraction of sp³-hybridized carbons (Fsp3) is 0.238. The van der Waals surface area contributed by atoms with E-state index in [2.05, 4.69) is 15.9 Å². The topological polar surface area (TPSA) is 65.1 Å². The van der Waals surface area contributed by atoms with E-state index in [9.17, 15) is 14.0 Å². The molecule has 2 amide bonds. The van der Waals surface area contributed by atoms with Gasteiger partial charge in [-0.25, -0.2) is 4.39 Å². The second-order valence-corrected chi connectivity index (χ2v) is 8.13. The van der Waals surface area contributed by atoms with E-state index in [1.165, 1.54) is 26.4 Å². The molecule has 158 valence electrons. The quantitative estimate of drug-likeness (QED) is 0.487. The molecule has 2 aromatic rings. The molecule has 0 radical (unpaired) electrons. The van der Waals surface area contributed by atoms with Crippen LogP contribution in [-0.4, -0.2) is 43.4 Å². The fourth-order valence-electron chi connectivity index (χ4n) is 2.77. The summed E-state index contributed by atoms with van der Waals surface area (Å²) in [5.41, 5.74) is 1.34. The summed E-state index contributed by atoms with van der Waals surface area (Å²) >= 11 is 4.33. The number of imide groups is 1. The van der Waals surface area contributed by atoms with E-state index in [1.54, 1.807) is 30.3 Å². The number of benzene rings is 2. The van der Waals surface area contributed by atoms with Gasteiger partial charge in [0.15, 0.2) is 11.5 Å². The Morgan fingerprint density at radius 1 is 1.20 bits per heavy atom. The van der Waals surface area contributed by atoms with Crippen LogP contribution in [0.5, 0.6) is 11.5 Å². The average Bonchev–Trinajstić information content (AvgIpc) is 2.98. The van der Waals surface area contributed by atoms with Gasteiger partial charge in [-0.2, -0.15) is 0 Å². The molecule has 0 aromatic heterocycles. The predicted molar refractivity (Wildman–Crippen MR) is 116 cm³/mol. The standard InChI is InChI=1S/C21H19BrFNO5S/c1-27-7-6-24-20(25)18(30-21(24)26)11-14-9-16(22)19(17(10-14)28-2)29-12-13-4-3-5-15(23)8-13/h3-5,8-11H,6-7,12H2,1-2H3/b18-11+. The number of ether oxygens (including phenoxy) is 3. The first-order valence-corrected chi connectivity index (χ1v) is 10.5. The highest BCUT2D eigenvalue weighted by atomic mass is 79.9. The van der Waals surface area contributed by atoms with Gasteiger partial charge in [0, 0.05) is 7.11 Å². The molecule has 1 aliphatic heterocycles. The van der Waals surface area contributed by atoms with E-state index in [1.807, 2.05) is 0 Å².